The quantitative estimate of drug-likeness (QED) is 0.403. The van der Waals surface area contributed by atoms with Gasteiger partial charge in [-0.2, -0.15) is 5.10 Å². The molecule has 7 heteroatoms. The molecule has 1 N–H and O–H groups in total. The Hall–Kier alpha value is -3.74. The first-order valence-corrected chi connectivity index (χ1v) is 8.76. The second-order valence-electron chi connectivity index (χ2n) is 6.31. The maximum atomic E-state index is 12.1. The number of nitrogens with zero attached hydrogens (tertiary/aromatic N) is 3. The smallest absolute Gasteiger partial charge is 0.269 e. The molecule has 0 aliphatic heterocycles. The summed E-state index contributed by atoms with van der Waals surface area (Å²) in [4.78, 5) is 22.3. The molecule has 0 spiro atoms. The van der Waals surface area contributed by atoms with E-state index in [4.69, 9.17) is 0 Å². The lowest BCUT2D eigenvalue weighted by Crippen LogP contribution is -2.20. The molecule has 0 unspecified atom stereocenters. The third-order valence-corrected chi connectivity index (χ3v) is 4.36. The second kappa shape index (κ2) is 8.30. The third kappa shape index (κ3) is 4.32. The molecule has 3 rings (SSSR count). The van der Waals surface area contributed by atoms with Crippen molar-refractivity contribution < 1.29 is 9.72 Å². The van der Waals surface area contributed by atoms with Crippen molar-refractivity contribution >= 4 is 17.7 Å². The number of hydrogen-bond donors (Lipinski definition) is 1. The lowest BCUT2D eigenvalue weighted by atomic mass is 10.1. The molecule has 7 nitrogen and oxygen atoms in total. The Balaban J connectivity index is 1.66. The van der Waals surface area contributed by atoms with Crippen LogP contribution in [0.4, 0.5) is 5.69 Å². The summed E-state index contributed by atoms with van der Waals surface area (Å²) in [5.74, 6) is -0.246. The van der Waals surface area contributed by atoms with Gasteiger partial charge in [0, 0.05) is 36.0 Å². The molecule has 0 aliphatic rings. The Labute approximate surface area is 162 Å². The van der Waals surface area contributed by atoms with Crippen molar-refractivity contribution in [2.24, 2.45) is 0 Å². The van der Waals surface area contributed by atoms with Crippen LogP contribution >= 0.6 is 0 Å². The highest BCUT2D eigenvalue weighted by atomic mass is 16.6. The fourth-order valence-corrected chi connectivity index (χ4v) is 2.86. The van der Waals surface area contributed by atoms with Gasteiger partial charge in [-0.15, -0.1) is 0 Å². The van der Waals surface area contributed by atoms with Gasteiger partial charge in [0.05, 0.1) is 16.3 Å². The highest BCUT2D eigenvalue weighted by molar-refractivity contribution is 5.92. The minimum Gasteiger partial charge on any atom is -0.348 e. The van der Waals surface area contributed by atoms with Crippen LogP contribution in [0.2, 0.25) is 0 Å². The zero-order chi connectivity index (χ0) is 20.1. The number of aryl methyl sites for hydroxylation is 1. The fraction of sp³-hybridized carbons (Fsp3) is 0.143. The first-order chi connectivity index (χ1) is 13.5. The second-order valence-corrected chi connectivity index (χ2v) is 6.31. The van der Waals surface area contributed by atoms with E-state index >= 15 is 0 Å². The van der Waals surface area contributed by atoms with Gasteiger partial charge in [0.1, 0.15) is 0 Å². The monoisotopic (exact) mass is 376 g/mol. The van der Waals surface area contributed by atoms with Crippen molar-refractivity contribution in [2.75, 3.05) is 0 Å². The SMILES string of the molecule is Cc1nn(-c2ccccc2)c(C)c1/C=C/C(=O)NCc1ccc([N+](=O)[O-])cc1. The molecule has 1 amide bonds. The molecule has 142 valence electrons. The van der Waals surface area contributed by atoms with E-state index in [0.29, 0.717) is 6.54 Å². The minimum atomic E-state index is -0.453. The molecule has 0 atom stereocenters. The Bertz CT molecular complexity index is 1020. The van der Waals surface area contributed by atoms with Crippen molar-refractivity contribution in [3.05, 3.63) is 93.3 Å². The summed E-state index contributed by atoms with van der Waals surface area (Å²) in [6.07, 6.45) is 3.22. The molecule has 0 saturated carbocycles. The number of hydrogen-bond acceptors (Lipinski definition) is 4. The van der Waals surface area contributed by atoms with Gasteiger partial charge in [0.15, 0.2) is 0 Å². The molecular weight excluding hydrogens is 356 g/mol. The fourth-order valence-electron chi connectivity index (χ4n) is 2.86. The summed E-state index contributed by atoms with van der Waals surface area (Å²) >= 11 is 0. The molecule has 1 heterocycles. The zero-order valence-corrected chi connectivity index (χ0v) is 15.6. The van der Waals surface area contributed by atoms with Crippen LogP contribution < -0.4 is 5.32 Å². The number of benzene rings is 2. The van der Waals surface area contributed by atoms with Gasteiger partial charge in [-0.05, 0) is 37.6 Å². The van der Waals surface area contributed by atoms with E-state index in [9.17, 15) is 14.9 Å². The highest BCUT2D eigenvalue weighted by Gasteiger charge is 2.11. The van der Waals surface area contributed by atoms with Crippen LogP contribution in [0.5, 0.6) is 0 Å². The van der Waals surface area contributed by atoms with Gasteiger partial charge in [0.25, 0.3) is 5.69 Å². The highest BCUT2D eigenvalue weighted by Crippen LogP contribution is 2.19. The number of nitro benzene ring substituents is 1. The van der Waals surface area contributed by atoms with Gasteiger partial charge < -0.3 is 5.32 Å². The van der Waals surface area contributed by atoms with E-state index in [2.05, 4.69) is 10.4 Å². The zero-order valence-electron chi connectivity index (χ0n) is 15.6. The summed E-state index contributed by atoms with van der Waals surface area (Å²) in [6.45, 7) is 4.16. The van der Waals surface area contributed by atoms with Gasteiger partial charge >= 0.3 is 0 Å². The lowest BCUT2D eigenvalue weighted by molar-refractivity contribution is -0.384. The molecule has 0 aliphatic carbocycles. The van der Waals surface area contributed by atoms with Gasteiger partial charge in [-0.25, -0.2) is 4.68 Å². The number of para-hydroxylation sites is 1. The number of aromatic nitrogens is 2. The van der Waals surface area contributed by atoms with Gasteiger partial charge in [-0.3, -0.25) is 14.9 Å². The minimum absolute atomic E-state index is 0.0244. The van der Waals surface area contributed by atoms with Crippen LogP contribution in [-0.4, -0.2) is 20.6 Å². The van der Waals surface area contributed by atoms with Crippen LogP contribution in [0, 0.1) is 24.0 Å². The first-order valence-electron chi connectivity index (χ1n) is 8.76. The average Bonchev–Trinajstić information content (AvgIpc) is 2.99. The van der Waals surface area contributed by atoms with E-state index in [0.717, 1.165) is 28.2 Å². The molecule has 3 aromatic rings. The molecule has 2 aromatic carbocycles. The number of carbonyl (C=O) groups excluding carboxylic acids is 1. The van der Waals surface area contributed by atoms with E-state index in [1.54, 1.807) is 18.2 Å². The molecule has 0 fully saturated rings. The summed E-state index contributed by atoms with van der Waals surface area (Å²) in [5, 5.41) is 18.0. The van der Waals surface area contributed by atoms with Gasteiger partial charge in [-0.1, -0.05) is 30.3 Å². The molecule has 0 bridgehead atoms. The number of nitro groups is 1. The summed E-state index contributed by atoms with van der Waals surface area (Å²) < 4.78 is 1.85. The Morgan fingerprint density at radius 2 is 1.82 bits per heavy atom. The van der Waals surface area contributed by atoms with Crippen LogP contribution in [0.3, 0.4) is 0 Å². The maximum absolute atomic E-state index is 12.1. The van der Waals surface area contributed by atoms with Crippen molar-refractivity contribution in [2.45, 2.75) is 20.4 Å². The van der Waals surface area contributed by atoms with Crippen LogP contribution in [0.15, 0.2) is 60.7 Å². The summed E-state index contributed by atoms with van der Waals surface area (Å²) in [7, 11) is 0. The third-order valence-electron chi connectivity index (χ3n) is 4.36. The number of carbonyl (C=O) groups is 1. The average molecular weight is 376 g/mol. The topological polar surface area (TPSA) is 90.1 Å². The number of rotatable bonds is 6. The van der Waals surface area contributed by atoms with Crippen molar-refractivity contribution in [1.29, 1.82) is 0 Å². The van der Waals surface area contributed by atoms with Crippen LogP contribution in [-0.2, 0) is 11.3 Å². The van der Waals surface area contributed by atoms with E-state index < -0.39 is 4.92 Å². The molecule has 1 aromatic heterocycles. The van der Waals surface area contributed by atoms with Crippen molar-refractivity contribution in [3.8, 4) is 5.69 Å². The Morgan fingerprint density at radius 1 is 1.14 bits per heavy atom. The largest absolute Gasteiger partial charge is 0.348 e. The predicted octanol–water partition coefficient (Wildman–Crippen LogP) is 3.73. The van der Waals surface area contributed by atoms with E-state index in [-0.39, 0.29) is 11.6 Å². The summed E-state index contributed by atoms with van der Waals surface area (Å²) in [5.41, 5.74) is 4.46. The van der Waals surface area contributed by atoms with Crippen LogP contribution in [0.1, 0.15) is 22.5 Å². The summed E-state index contributed by atoms with van der Waals surface area (Å²) in [6, 6.07) is 15.9. The standard InChI is InChI=1S/C21H20N4O3/c1-15-20(16(2)24(23-15)18-6-4-3-5-7-18)12-13-21(26)22-14-17-8-10-19(11-9-17)25(27)28/h3-13H,14H2,1-2H3,(H,22,26)/b13-12+. The van der Waals surface area contributed by atoms with Crippen LogP contribution in [0.25, 0.3) is 11.8 Å². The number of amides is 1. The van der Waals surface area contributed by atoms with E-state index in [1.165, 1.54) is 18.2 Å². The lowest BCUT2D eigenvalue weighted by Gasteiger charge is -2.04. The van der Waals surface area contributed by atoms with E-state index in [1.807, 2.05) is 48.9 Å². The Kier molecular flexibility index (Phi) is 5.64. The molecular formula is C21H20N4O3. The molecule has 0 saturated heterocycles. The number of non-ortho nitro benzene ring substituents is 1. The predicted molar refractivity (Wildman–Crippen MR) is 107 cm³/mol. The molecule has 0 radical (unpaired) electrons. The Morgan fingerprint density at radius 3 is 2.46 bits per heavy atom. The maximum Gasteiger partial charge on any atom is 0.269 e. The van der Waals surface area contributed by atoms with Gasteiger partial charge in [0.2, 0.25) is 5.91 Å². The number of nitrogens with one attached hydrogen (secondary N) is 1. The normalized spacial score (nSPS) is 10.9. The first kappa shape index (κ1) is 19.0. The molecule has 28 heavy (non-hydrogen) atoms. The van der Waals surface area contributed by atoms with Crippen molar-refractivity contribution in [1.82, 2.24) is 15.1 Å². The van der Waals surface area contributed by atoms with Crippen molar-refractivity contribution in [3.63, 3.8) is 0 Å².